The standard InChI is InChI=1S/C14H12N2O2S/c17-13(7-6-10-4-2-1-3-5-10)15-14-11-8-19-9-12(11)16-18-14/h1-7H,8-9H2,(H,15,17)/b7-6+. The second-order valence-corrected chi connectivity index (χ2v) is 5.15. The zero-order chi connectivity index (χ0) is 13.1. The number of hydrogen-bond acceptors (Lipinski definition) is 4. The summed E-state index contributed by atoms with van der Waals surface area (Å²) in [6.07, 6.45) is 3.26. The minimum atomic E-state index is -0.209. The van der Waals surface area contributed by atoms with Crippen molar-refractivity contribution < 1.29 is 9.32 Å². The Labute approximate surface area is 114 Å². The van der Waals surface area contributed by atoms with Crippen LogP contribution in [0.5, 0.6) is 0 Å². The van der Waals surface area contributed by atoms with Crippen LogP contribution >= 0.6 is 11.8 Å². The Bertz CT molecular complexity index is 620. The minimum absolute atomic E-state index is 0.209. The Balaban J connectivity index is 1.67. The third-order valence-corrected chi connectivity index (χ3v) is 3.79. The van der Waals surface area contributed by atoms with E-state index in [0.717, 1.165) is 28.3 Å². The highest BCUT2D eigenvalue weighted by atomic mass is 32.2. The van der Waals surface area contributed by atoms with E-state index in [9.17, 15) is 4.79 Å². The van der Waals surface area contributed by atoms with E-state index in [2.05, 4.69) is 10.5 Å². The molecule has 0 radical (unpaired) electrons. The molecule has 1 aliphatic rings. The van der Waals surface area contributed by atoms with E-state index in [1.807, 2.05) is 30.3 Å². The molecule has 5 heteroatoms. The fourth-order valence-electron chi connectivity index (χ4n) is 1.84. The molecule has 0 unspecified atom stereocenters. The second kappa shape index (κ2) is 5.32. The molecule has 2 heterocycles. The number of nitrogens with zero attached hydrogens (tertiary/aromatic N) is 1. The number of carbonyl (C=O) groups is 1. The molecule has 0 saturated carbocycles. The van der Waals surface area contributed by atoms with E-state index in [1.165, 1.54) is 6.08 Å². The maximum atomic E-state index is 11.8. The lowest BCUT2D eigenvalue weighted by molar-refractivity contribution is -0.112. The summed E-state index contributed by atoms with van der Waals surface area (Å²) in [5.74, 6) is 1.97. The van der Waals surface area contributed by atoms with Gasteiger partial charge in [0.1, 0.15) is 0 Å². The fourth-order valence-corrected chi connectivity index (χ4v) is 2.87. The van der Waals surface area contributed by atoms with Gasteiger partial charge in [-0.3, -0.25) is 10.1 Å². The van der Waals surface area contributed by atoms with E-state index >= 15 is 0 Å². The van der Waals surface area contributed by atoms with Crippen LogP contribution in [0.4, 0.5) is 5.88 Å². The lowest BCUT2D eigenvalue weighted by Gasteiger charge is -1.98. The van der Waals surface area contributed by atoms with Crippen molar-refractivity contribution in [3.63, 3.8) is 0 Å². The summed E-state index contributed by atoms with van der Waals surface area (Å²) in [4.78, 5) is 11.8. The molecule has 0 aliphatic carbocycles. The molecule has 0 saturated heterocycles. The van der Waals surface area contributed by atoms with Crippen molar-refractivity contribution in [3.8, 4) is 0 Å². The van der Waals surface area contributed by atoms with Crippen molar-refractivity contribution in [1.82, 2.24) is 5.16 Å². The van der Waals surface area contributed by atoms with Crippen LogP contribution < -0.4 is 5.32 Å². The molecule has 3 rings (SSSR count). The van der Waals surface area contributed by atoms with E-state index in [1.54, 1.807) is 17.8 Å². The normalized spacial score (nSPS) is 13.7. The molecule has 1 aliphatic heterocycles. The van der Waals surface area contributed by atoms with Gasteiger partial charge in [-0.2, -0.15) is 11.8 Å². The van der Waals surface area contributed by atoms with Gasteiger partial charge in [0.15, 0.2) is 0 Å². The van der Waals surface area contributed by atoms with Crippen molar-refractivity contribution in [2.24, 2.45) is 0 Å². The number of amides is 1. The highest BCUT2D eigenvalue weighted by Gasteiger charge is 2.22. The van der Waals surface area contributed by atoms with Gasteiger partial charge in [0.2, 0.25) is 5.88 Å². The Morgan fingerprint density at radius 1 is 1.32 bits per heavy atom. The molecule has 1 aromatic heterocycles. The minimum Gasteiger partial charge on any atom is -0.338 e. The summed E-state index contributed by atoms with van der Waals surface area (Å²) >= 11 is 1.77. The zero-order valence-corrected chi connectivity index (χ0v) is 10.9. The SMILES string of the molecule is O=C(/C=C/c1ccccc1)Nc1onc2c1CSC2. The first kappa shape index (κ1) is 12.0. The van der Waals surface area contributed by atoms with Gasteiger partial charge in [0.25, 0.3) is 5.91 Å². The molecular weight excluding hydrogens is 260 g/mol. The lowest BCUT2D eigenvalue weighted by atomic mass is 10.2. The van der Waals surface area contributed by atoms with Crippen molar-refractivity contribution in [3.05, 3.63) is 53.2 Å². The first-order chi connectivity index (χ1) is 9.33. The van der Waals surface area contributed by atoms with Gasteiger partial charge in [-0.05, 0) is 11.6 Å². The third-order valence-electron chi connectivity index (χ3n) is 2.82. The Morgan fingerprint density at radius 3 is 3.00 bits per heavy atom. The average Bonchev–Trinajstić information content (AvgIpc) is 3.03. The number of hydrogen-bond donors (Lipinski definition) is 1. The van der Waals surface area contributed by atoms with Crippen molar-refractivity contribution in [2.45, 2.75) is 11.5 Å². The molecule has 19 heavy (non-hydrogen) atoms. The number of rotatable bonds is 3. The quantitative estimate of drug-likeness (QED) is 0.872. The van der Waals surface area contributed by atoms with E-state index in [-0.39, 0.29) is 5.91 Å². The average molecular weight is 272 g/mol. The number of thioether (sulfide) groups is 1. The first-order valence-corrected chi connectivity index (χ1v) is 7.07. The molecule has 96 valence electrons. The maximum Gasteiger partial charge on any atom is 0.250 e. The number of aromatic nitrogens is 1. The van der Waals surface area contributed by atoms with Gasteiger partial charge in [0.05, 0.1) is 11.3 Å². The topological polar surface area (TPSA) is 55.1 Å². The Morgan fingerprint density at radius 2 is 2.16 bits per heavy atom. The molecule has 1 aromatic carbocycles. The Kier molecular flexibility index (Phi) is 3.37. The van der Waals surface area contributed by atoms with Crippen LogP contribution in [-0.2, 0) is 16.3 Å². The summed E-state index contributed by atoms with van der Waals surface area (Å²) in [5.41, 5.74) is 2.93. The van der Waals surface area contributed by atoms with Crippen LogP contribution in [0.2, 0.25) is 0 Å². The molecule has 0 fully saturated rings. The van der Waals surface area contributed by atoms with Crippen LogP contribution in [-0.4, -0.2) is 11.1 Å². The van der Waals surface area contributed by atoms with Crippen LogP contribution in [0.15, 0.2) is 40.9 Å². The summed E-state index contributed by atoms with van der Waals surface area (Å²) in [6, 6.07) is 9.67. The number of anilines is 1. The molecule has 1 N–H and O–H groups in total. The van der Waals surface area contributed by atoms with E-state index in [4.69, 9.17) is 4.52 Å². The summed E-state index contributed by atoms with van der Waals surface area (Å²) in [6.45, 7) is 0. The first-order valence-electron chi connectivity index (χ1n) is 5.92. The number of fused-ring (bicyclic) bond motifs is 1. The van der Waals surface area contributed by atoms with Gasteiger partial charge in [-0.1, -0.05) is 35.5 Å². The second-order valence-electron chi connectivity index (χ2n) is 4.16. The highest BCUT2D eigenvalue weighted by molar-refractivity contribution is 7.98. The largest absolute Gasteiger partial charge is 0.338 e. The molecule has 4 nitrogen and oxygen atoms in total. The van der Waals surface area contributed by atoms with Crippen LogP contribution in [0.25, 0.3) is 6.08 Å². The zero-order valence-electron chi connectivity index (χ0n) is 10.1. The Hall–Kier alpha value is -2.01. The predicted molar refractivity (Wildman–Crippen MR) is 75.6 cm³/mol. The fraction of sp³-hybridized carbons (Fsp3) is 0.143. The van der Waals surface area contributed by atoms with Crippen molar-refractivity contribution in [2.75, 3.05) is 5.32 Å². The summed E-state index contributed by atoms with van der Waals surface area (Å²) in [7, 11) is 0. The molecule has 2 aromatic rings. The molecule has 0 spiro atoms. The van der Waals surface area contributed by atoms with Gasteiger partial charge in [0, 0.05) is 17.6 Å². The number of carbonyl (C=O) groups excluding carboxylic acids is 1. The van der Waals surface area contributed by atoms with Gasteiger partial charge in [-0.25, -0.2) is 0 Å². The summed E-state index contributed by atoms with van der Waals surface area (Å²) in [5, 5.41) is 6.66. The molecule has 1 amide bonds. The molecule has 0 atom stereocenters. The van der Waals surface area contributed by atoms with Gasteiger partial charge >= 0.3 is 0 Å². The van der Waals surface area contributed by atoms with Crippen LogP contribution in [0.3, 0.4) is 0 Å². The maximum absolute atomic E-state index is 11.8. The van der Waals surface area contributed by atoms with E-state index < -0.39 is 0 Å². The molecule has 0 bridgehead atoms. The van der Waals surface area contributed by atoms with Gasteiger partial charge < -0.3 is 4.52 Å². The van der Waals surface area contributed by atoms with E-state index in [0.29, 0.717) is 5.88 Å². The van der Waals surface area contributed by atoms with Crippen LogP contribution in [0.1, 0.15) is 16.8 Å². The molecular formula is C14H12N2O2S. The number of nitrogens with one attached hydrogen (secondary N) is 1. The highest BCUT2D eigenvalue weighted by Crippen LogP contribution is 2.34. The lowest BCUT2D eigenvalue weighted by Crippen LogP contribution is -2.08. The third kappa shape index (κ3) is 2.71. The van der Waals surface area contributed by atoms with Crippen molar-refractivity contribution in [1.29, 1.82) is 0 Å². The summed E-state index contributed by atoms with van der Waals surface area (Å²) < 4.78 is 5.13. The van der Waals surface area contributed by atoms with Crippen LogP contribution in [0, 0.1) is 0 Å². The van der Waals surface area contributed by atoms with Gasteiger partial charge in [-0.15, -0.1) is 0 Å². The number of benzene rings is 1. The smallest absolute Gasteiger partial charge is 0.250 e. The van der Waals surface area contributed by atoms with Crippen molar-refractivity contribution >= 4 is 29.6 Å². The monoisotopic (exact) mass is 272 g/mol. The predicted octanol–water partition coefficient (Wildman–Crippen LogP) is 3.07.